The Bertz CT molecular complexity index is 586. The molecule has 0 saturated heterocycles. The standard InChI is InChI=1S/C14H8N4/c15-9-13(11-1-5-17-6-2-11)14(10-16)12-3-7-18-8-4-12/h1-8H/p+2/b14-13+. The van der Waals surface area contributed by atoms with E-state index in [-0.39, 0.29) is 0 Å². The number of hydrogen-bond donors (Lipinski definition) is 2. The Labute approximate surface area is 104 Å². The van der Waals surface area contributed by atoms with Gasteiger partial charge in [-0.25, -0.2) is 0 Å². The maximum atomic E-state index is 7.41. The molecule has 2 rings (SSSR count). The van der Waals surface area contributed by atoms with Gasteiger partial charge in [-0.1, -0.05) is 10.5 Å². The molecule has 0 radical (unpaired) electrons. The van der Waals surface area contributed by atoms with Crippen LogP contribution in [0, 0.1) is 12.1 Å². The minimum atomic E-state index is 0.513. The van der Waals surface area contributed by atoms with E-state index in [0.29, 0.717) is 11.1 Å². The second-order valence-corrected chi connectivity index (χ2v) is 3.47. The molecule has 0 bridgehead atoms. The minimum Gasteiger partial charge on any atom is -0.265 e. The van der Waals surface area contributed by atoms with Crippen LogP contribution in [0.3, 0.4) is 0 Å². The van der Waals surface area contributed by atoms with E-state index in [1.54, 1.807) is 49.1 Å². The van der Waals surface area contributed by atoms with Gasteiger partial charge >= 0.3 is 12.1 Å². The Hall–Kier alpha value is -2.98. The maximum absolute atomic E-state index is 7.41. The van der Waals surface area contributed by atoms with Crippen molar-refractivity contribution >= 4 is 11.1 Å². The predicted molar refractivity (Wildman–Crippen MR) is 65.0 cm³/mol. The zero-order valence-electron chi connectivity index (χ0n) is 9.51. The van der Waals surface area contributed by atoms with Crippen molar-refractivity contribution in [3.05, 3.63) is 60.2 Å². The number of pyridine rings is 2. The molecule has 0 aliphatic heterocycles. The molecule has 0 unspecified atom stereocenters. The quantitative estimate of drug-likeness (QED) is 0.650. The molecule has 18 heavy (non-hydrogen) atoms. The van der Waals surface area contributed by atoms with Crippen LogP contribution in [0.25, 0.3) is 11.1 Å². The fourth-order valence-electron chi connectivity index (χ4n) is 1.60. The lowest BCUT2D eigenvalue weighted by atomic mass is 9.98. The van der Waals surface area contributed by atoms with Gasteiger partial charge in [-0.3, -0.25) is 9.97 Å². The Balaban J connectivity index is 2.63. The molecular formula is C14H10N4+2. The summed E-state index contributed by atoms with van der Waals surface area (Å²) >= 11 is 0. The molecule has 2 heterocycles. The SMILES string of the molecule is [NH+]#C/C(=C(/C#[NH+])c1ccncc1)c1ccncc1. The summed E-state index contributed by atoms with van der Waals surface area (Å²) in [5.41, 5.74) is 2.59. The third-order valence-corrected chi connectivity index (χ3v) is 2.44. The van der Waals surface area contributed by atoms with E-state index in [9.17, 15) is 0 Å². The first-order chi connectivity index (χ1) is 8.86. The van der Waals surface area contributed by atoms with Crippen molar-refractivity contribution in [2.45, 2.75) is 0 Å². The minimum absolute atomic E-state index is 0.513. The lowest BCUT2D eigenvalue weighted by Crippen LogP contribution is -2.20. The molecular weight excluding hydrogens is 224 g/mol. The van der Waals surface area contributed by atoms with Crippen molar-refractivity contribution in [3.63, 3.8) is 0 Å². The number of hydrogen-bond acceptors (Lipinski definition) is 2. The highest BCUT2D eigenvalue weighted by atomic mass is 14.6. The highest BCUT2D eigenvalue weighted by Gasteiger charge is 2.16. The third-order valence-electron chi connectivity index (χ3n) is 2.44. The lowest BCUT2D eigenvalue weighted by Gasteiger charge is -1.99. The zero-order chi connectivity index (χ0) is 12.8. The zero-order valence-corrected chi connectivity index (χ0v) is 9.51. The molecule has 0 aliphatic rings. The summed E-state index contributed by atoms with van der Waals surface area (Å²) in [5.74, 6) is 0. The number of allylic oxidation sites excluding steroid dienone is 2. The summed E-state index contributed by atoms with van der Waals surface area (Å²) in [6.07, 6.45) is 6.56. The van der Waals surface area contributed by atoms with Gasteiger partial charge in [-0.15, -0.1) is 0 Å². The number of rotatable bonds is 2. The van der Waals surface area contributed by atoms with Crippen LogP contribution < -0.4 is 10.5 Å². The molecule has 84 valence electrons. The molecule has 0 fully saturated rings. The predicted octanol–water partition coefficient (Wildman–Crippen LogP) is -1.07. The van der Waals surface area contributed by atoms with Crippen molar-refractivity contribution in [1.29, 1.82) is 0 Å². The highest BCUT2D eigenvalue weighted by Crippen LogP contribution is 2.23. The van der Waals surface area contributed by atoms with Gasteiger partial charge in [0.2, 0.25) is 0 Å². The van der Waals surface area contributed by atoms with E-state index in [2.05, 4.69) is 22.1 Å². The van der Waals surface area contributed by atoms with Crippen LogP contribution in [0.5, 0.6) is 0 Å². The smallest absolute Gasteiger partial charge is 0.265 e. The van der Waals surface area contributed by atoms with Gasteiger partial charge in [0, 0.05) is 35.9 Å². The lowest BCUT2D eigenvalue weighted by molar-refractivity contribution is -0.0912. The van der Waals surface area contributed by atoms with Crippen molar-refractivity contribution in [2.24, 2.45) is 0 Å². The van der Waals surface area contributed by atoms with Gasteiger partial charge in [-0.2, -0.15) is 0 Å². The van der Waals surface area contributed by atoms with E-state index in [1.165, 1.54) is 0 Å². The Morgan fingerprint density at radius 2 is 1.06 bits per heavy atom. The van der Waals surface area contributed by atoms with Gasteiger partial charge in [0.05, 0.1) is 0 Å². The Morgan fingerprint density at radius 3 is 1.33 bits per heavy atom. The van der Waals surface area contributed by atoms with Crippen LogP contribution in [-0.4, -0.2) is 9.97 Å². The number of nitrogens with zero attached hydrogens (tertiary/aromatic N) is 2. The molecule has 2 aromatic heterocycles. The molecule has 2 aromatic rings. The van der Waals surface area contributed by atoms with Gasteiger partial charge in [-0.05, 0) is 24.3 Å². The fourth-order valence-corrected chi connectivity index (χ4v) is 1.60. The normalized spacial score (nSPS) is 11.0. The number of nitrogens with one attached hydrogen (secondary N) is 2. The molecule has 4 nitrogen and oxygen atoms in total. The van der Waals surface area contributed by atoms with E-state index in [4.69, 9.17) is 10.5 Å². The number of aromatic nitrogens is 2. The first-order valence-corrected chi connectivity index (χ1v) is 5.27. The van der Waals surface area contributed by atoms with E-state index in [0.717, 1.165) is 11.1 Å². The molecule has 4 heteroatoms. The third kappa shape index (κ3) is 2.23. The average Bonchev–Trinajstić information content (AvgIpc) is 2.46. The summed E-state index contributed by atoms with van der Waals surface area (Å²) in [6, 6.07) is 11.8. The topological polar surface area (TPSA) is 73.4 Å². The summed E-state index contributed by atoms with van der Waals surface area (Å²) in [5, 5.41) is 14.8. The average molecular weight is 234 g/mol. The van der Waals surface area contributed by atoms with Crippen molar-refractivity contribution < 1.29 is 10.5 Å². The molecule has 0 amide bonds. The van der Waals surface area contributed by atoms with Crippen LogP contribution in [0.2, 0.25) is 0 Å². The Morgan fingerprint density at radius 1 is 0.722 bits per heavy atom. The van der Waals surface area contributed by atoms with Crippen molar-refractivity contribution in [1.82, 2.24) is 9.97 Å². The second-order valence-electron chi connectivity index (χ2n) is 3.47. The molecule has 0 aromatic carbocycles. The first-order valence-electron chi connectivity index (χ1n) is 5.27. The summed E-state index contributed by atoms with van der Waals surface area (Å²) in [7, 11) is 0. The van der Waals surface area contributed by atoms with Gasteiger partial charge in [0.25, 0.3) is 0 Å². The van der Waals surface area contributed by atoms with Gasteiger partial charge in [0.15, 0.2) is 0 Å². The van der Waals surface area contributed by atoms with E-state index in [1.807, 2.05) is 0 Å². The van der Waals surface area contributed by atoms with Crippen LogP contribution in [0.4, 0.5) is 0 Å². The van der Waals surface area contributed by atoms with E-state index < -0.39 is 0 Å². The summed E-state index contributed by atoms with van der Waals surface area (Å²) in [4.78, 5) is 7.86. The molecule has 0 spiro atoms. The van der Waals surface area contributed by atoms with Crippen molar-refractivity contribution in [3.8, 4) is 12.1 Å². The summed E-state index contributed by atoms with van der Waals surface area (Å²) in [6.45, 7) is 0. The van der Waals surface area contributed by atoms with Crippen LogP contribution in [-0.2, 0) is 0 Å². The van der Waals surface area contributed by atoms with Crippen molar-refractivity contribution in [2.75, 3.05) is 0 Å². The molecule has 0 saturated carbocycles. The highest BCUT2D eigenvalue weighted by molar-refractivity contribution is 6.02. The van der Waals surface area contributed by atoms with Crippen LogP contribution in [0.15, 0.2) is 49.1 Å². The van der Waals surface area contributed by atoms with Gasteiger partial charge in [0.1, 0.15) is 11.1 Å². The Kier molecular flexibility index (Phi) is 3.44. The molecule has 0 atom stereocenters. The first kappa shape index (κ1) is 11.5. The fraction of sp³-hybridized carbons (Fsp3) is 0. The van der Waals surface area contributed by atoms with Crippen LogP contribution >= 0.6 is 0 Å². The molecule has 2 N–H and O–H groups in total. The summed E-state index contributed by atoms with van der Waals surface area (Å²) < 4.78 is 0. The van der Waals surface area contributed by atoms with Crippen LogP contribution in [0.1, 0.15) is 11.1 Å². The maximum Gasteiger partial charge on any atom is 0.310 e. The largest absolute Gasteiger partial charge is 0.310 e. The second kappa shape index (κ2) is 5.38. The monoisotopic (exact) mass is 234 g/mol. The van der Waals surface area contributed by atoms with E-state index >= 15 is 0 Å². The van der Waals surface area contributed by atoms with Gasteiger partial charge < -0.3 is 0 Å². The molecule has 0 aliphatic carbocycles.